The maximum atomic E-state index is 11.4. The summed E-state index contributed by atoms with van der Waals surface area (Å²) in [5.41, 5.74) is 8.33. The minimum atomic E-state index is -1.59. The van der Waals surface area contributed by atoms with Gasteiger partial charge >= 0.3 is 18.0 Å². The molecule has 0 saturated carbocycles. The van der Waals surface area contributed by atoms with E-state index in [9.17, 15) is 14.4 Å². The van der Waals surface area contributed by atoms with Gasteiger partial charge in [-0.1, -0.05) is 5.11 Å². The van der Waals surface area contributed by atoms with Crippen LogP contribution >= 0.6 is 0 Å². The van der Waals surface area contributed by atoms with Crippen LogP contribution in [0.4, 0.5) is 4.79 Å². The third-order valence-corrected chi connectivity index (χ3v) is 1.85. The molecule has 0 aromatic heterocycles. The second-order valence-corrected chi connectivity index (χ2v) is 2.81. The number of rotatable bonds is 5. The molecule has 2 atom stereocenters. The van der Waals surface area contributed by atoms with Crippen LogP contribution in [0, 0.1) is 0 Å². The number of amides is 1. The van der Waals surface area contributed by atoms with E-state index >= 15 is 0 Å². The standard InChI is InChI=1S/C8H12N4O6/c1-16-6(13)4(10-8(15)18-3)5(11-12-9)7(14)17-2/h4-5H,1-3H3,(H,10,15)/t4-,5-/m0/s1. The molecule has 0 radical (unpaired) electrons. The highest BCUT2D eigenvalue weighted by molar-refractivity contribution is 5.89. The Hall–Kier alpha value is -2.48. The van der Waals surface area contributed by atoms with Crippen molar-refractivity contribution in [3.63, 3.8) is 0 Å². The van der Waals surface area contributed by atoms with Gasteiger partial charge in [0.25, 0.3) is 0 Å². The number of alkyl carbamates (subject to hydrolysis) is 1. The quantitative estimate of drug-likeness (QED) is 0.237. The number of nitrogens with zero attached hydrogens (tertiary/aromatic N) is 3. The Balaban J connectivity index is 5.21. The fraction of sp³-hybridized carbons (Fsp3) is 0.625. The molecule has 0 heterocycles. The van der Waals surface area contributed by atoms with Gasteiger partial charge in [0.15, 0.2) is 6.04 Å². The minimum absolute atomic E-state index is 0.983. The Kier molecular flexibility index (Phi) is 6.67. The molecule has 10 heteroatoms. The van der Waals surface area contributed by atoms with Crippen LogP contribution in [0.15, 0.2) is 5.11 Å². The lowest BCUT2D eigenvalue weighted by Gasteiger charge is -2.19. The van der Waals surface area contributed by atoms with Crippen molar-refractivity contribution in [3.8, 4) is 0 Å². The summed E-state index contributed by atoms with van der Waals surface area (Å²) in [6.45, 7) is 0. The number of methoxy groups -OCH3 is 3. The highest BCUT2D eigenvalue weighted by atomic mass is 16.5. The van der Waals surface area contributed by atoms with Crippen molar-refractivity contribution in [2.24, 2.45) is 5.11 Å². The lowest BCUT2D eigenvalue weighted by Crippen LogP contribution is -2.51. The summed E-state index contributed by atoms with van der Waals surface area (Å²) >= 11 is 0. The van der Waals surface area contributed by atoms with Gasteiger partial charge in [0.05, 0.1) is 21.3 Å². The molecule has 0 aliphatic carbocycles. The molecule has 100 valence electrons. The molecule has 10 nitrogen and oxygen atoms in total. The third-order valence-electron chi connectivity index (χ3n) is 1.85. The molecule has 0 rings (SSSR count). The number of hydrogen-bond donors (Lipinski definition) is 1. The number of hydrogen-bond acceptors (Lipinski definition) is 7. The lowest BCUT2D eigenvalue weighted by atomic mass is 10.1. The van der Waals surface area contributed by atoms with E-state index in [2.05, 4.69) is 24.2 Å². The summed E-state index contributed by atoms with van der Waals surface area (Å²) in [4.78, 5) is 36.2. The van der Waals surface area contributed by atoms with Crippen LogP contribution in [0.1, 0.15) is 0 Å². The minimum Gasteiger partial charge on any atom is -0.469 e. The summed E-state index contributed by atoms with van der Waals surface area (Å²) in [6, 6.07) is -3.13. The van der Waals surface area contributed by atoms with E-state index in [1.807, 2.05) is 5.32 Å². The van der Waals surface area contributed by atoms with Crippen LogP contribution < -0.4 is 5.32 Å². The number of esters is 2. The zero-order chi connectivity index (χ0) is 14.1. The molecular weight excluding hydrogens is 248 g/mol. The van der Waals surface area contributed by atoms with Crippen molar-refractivity contribution >= 4 is 18.0 Å². The molecule has 0 fully saturated rings. The van der Waals surface area contributed by atoms with E-state index in [1.165, 1.54) is 0 Å². The zero-order valence-corrected chi connectivity index (χ0v) is 9.95. The molecule has 0 aromatic carbocycles. The topological polar surface area (TPSA) is 140 Å². The second kappa shape index (κ2) is 7.74. The normalized spacial score (nSPS) is 12.4. The number of carbonyl (C=O) groups excluding carboxylic acids is 3. The van der Waals surface area contributed by atoms with Gasteiger partial charge in [-0.05, 0) is 5.53 Å². The van der Waals surface area contributed by atoms with E-state index < -0.39 is 30.1 Å². The molecule has 1 N–H and O–H groups in total. The Morgan fingerprint density at radius 3 is 2.06 bits per heavy atom. The van der Waals surface area contributed by atoms with E-state index in [1.54, 1.807) is 0 Å². The van der Waals surface area contributed by atoms with Crippen molar-refractivity contribution in [2.75, 3.05) is 21.3 Å². The van der Waals surface area contributed by atoms with E-state index in [0.717, 1.165) is 21.3 Å². The number of nitrogens with one attached hydrogen (secondary N) is 1. The van der Waals surface area contributed by atoms with Crippen LogP contribution in [0.5, 0.6) is 0 Å². The molecule has 0 saturated heterocycles. The fourth-order valence-corrected chi connectivity index (χ4v) is 1.01. The van der Waals surface area contributed by atoms with Crippen LogP contribution in [-0.4, -0.2) is 51.4 Å². The molecule has 0 aliphatic heterocycles. The van der Waals surface area contributed by atoms with Crippen LogP contribution in [0.2, 0.25) is 0 Å². The zero-order valence-electron chi connectivity index (χ0n) is 9.95. The third kappa shape index (κ3) is 4.18. The average molecular weight is 260 g/mol. The van der Waals surface area contributed by atoms with Crippen molar-refractivity contribution < 1.29 is 28.6 Å². The Morgan fingerprint density at radius 2 is 1.67 bits per heavy atom. The van der Waals surface area contributed by atoms with Crippen LogP contribution in [0.25, 0.3) is 10.4 Å². The monoisotopic (exact) mass is 260 g/mol. The maximum absolute atomic E-state index is 11.4. The fourth-order valence-electron chi connectivity index (χ4n) is 1.01. The molecular formula is C8H12N4O6. The molecule has 0 spiro atoms. The Bertz CT molecular complexity index is 378. The van der Waals surface area contributed by atoms with Crippen molar-refractivity contribution in [1.82, 2.24) is 5.32 Å². The number of azide groups is 1. The number of ether oxygens (including phenoxy) is 3. The van der Waals surface area contributed by atoms with Gasteiger partial charge in [0.1, 0.15) is 6.04 Å². The number of carbonyl (C=O) groups is 3. The van der Waals surface area contributed by atoms with Gasteiger partial charge in [-0.25, -0.2) is 9.59 Å². The Labute approximate surface area is 102 Å². The molecule has 0 aliphatic rings. The summed E-state index contributed by atoms with van der Waals surface area (Å²) in [5.74, 6) is -1.98. The molecule has 0 aromatic rings. The summed E-state index contributed by atoms with van der Waals surface area (Å²) in [5, 5.41) is 5.10. The van der Waals surface area contributed by atoms with E-state index in [0.29, 0.717) is 0 Å². The first-order valence-electron chi connectivity index (χ1n) is 4.56. The van der Waals surface area contributed by atoms with Gasteiger partial charge in [-0.15, -0.1) is 0 Å². The van der Waals surface area contributed by atoms with E-state index in [-0.39, 0.29) is 0 Å². The van der Waals surface area contributed by atoms with Gasteiger partial charge in [-0.3, -0.25) is 4.79 Å². The summed E-state index contributed by atoms with van der Waals surface area (Å²) < 4.78 is 13.0. The van der Waals surface area contributed by atoms with Gasteiger partial charge < -0.3 is 19.5 Å². The predicted molar refractivity (Wildman–Crippen MR) is 56.3 cm³/mol. The van der Waals surface area contributed by atoms with Crippen molar-refractivity contribution in [2.45, 2.75) is 12.1 Å². The highest BCUT2D eigenvalue weighted by Gasteiger charge is 2.36. The first kappa shape index (κ1) is 15.5. The molecule has 18 heavy (non-hydrogen) atoms. The van der Waals surface area contributed by atoms with Crippen LogP contribution in [0.3, 0.4) is 0 Å². The second-order valence-electron chi connectivity index (χ2n) is 2.81. The van der Waals surface area contributed by atoms with Gasteiger partial charge in [0.2, 0.25) is 0 Å². The van der Waals surface area contributed by atoms with Crippen molar-refractivity contribution in [3.05, 3.63) is 10.4 Å². The smallest absolute Gasteiger partial charge is 0.407 e. The van der Waals surface area contributed by atoms with Crippen LogP contribution in [-0.2, 0) is 23.8 Å². The maximum Gasteiger partial charge on any atom is 0.407 e. The Morgan fingerprint density at radius 1 is 1.11 bits per heavy atom. The molecule has 0 unspecified atom stereocenters. The average Bonchev–Trinajstić information content (AvgIpc) is 2.40. The highest BCUT2D eigenvalue weighted by Crippen LogP contribution is 2.05. The first-order chi connectivity index (χ1) is 8.51. The van der Waals surface area contributed by atoms with Crippen molar-refractivity contribution in [1.29, 1.82) is 0 Å². The van der Waals surface area contributed by atoms with E-state index in [4.69, 9.17) is 5.53 Å². The largest absolute Gasteiger partial charge is 0.469 e. The summed E-state index contributed by atoms with van der Waals surface area (Å²) in [7, 11) is 3.14. The van der Waals surface area contributed by atoms with Gasteiger partial charge in [0, 0.05) is 4.91 Å². The van der Waals surface area contributed by atoms with Gasteiger partial charge in [-0.2, -0.15) is 0 Å². The predicted octanol–water partition coefficient (Wildman–Crippen LogP) is -0.264. The molecule has 1 amide bonds. The summed E-state index contributed by atoms with van der Waals surface area (Å²) in [6.07, 6.45) is -0.993. The SMILES string of the molecule is COC(=O)N[C@H](C(=O)OC)[C@H](N=[N+]=[N-])C(=O)OC. The first-order valence-corrected chi connectivity index (χ1v) is 4.56. The molecule has 0 bridgehead atoms. The lowest BCUT2D eigenvalue weighted by molar-refractivity contribution is -0.150.